The monoisotopic (exact) mass is 644 g/mol. The van der Waals surface area contributed by atoms with Crippen LogP contribution in [0.15, 0.2) is 0 Å². The summed E-state index contributed by atoms with van der Waals surface area (Å²) in [7, 11) is 12.4. The molecule has 0 aliphatic rings. The molecule has 0 saturated heterocycles. The molecule has 2 N–H and O–H groups in total. The van der Waals surface area contributed by atoms with Gasteiger partial charge in [0.1, 0.15) is 26.3 Å². The van der Waals surface area contributed by atoms with E-state index < -0.39 is 0 Å². The van der Waals surface area contributed by atoms with Gasteiger partial charge in [0.25, 0.3) is 0 Å². The van der Waals surface area contributed by atoms with Gasteiger partial charge in [-0.1, -0.05) is 19.3 Å². The molecule has 29 heavy (non-hydrogen) atoms. The van der Waals surface area contributed by atoms with Crippen LogP contribution in [0.3, 0.4) is 0 Å². The van der Waals surface area contributed by atoms with Crippen LogP contribution in [0.1, 0.15) is 32.1 Å². The molecule has 2 amide bonds. The molecule has 0 radical (unpaired) electrons. The Balaban J connectivity index is -0.00000338. The van der Waals surface area contributed by atoms with Crippen molar-refractivity contribution >= 4 is 12.2 Å². The minimum atomic E-state index is -0.337. The molecule has 176 valence electrons. The van der Waals surface area contributed by atoms with Gasteiger partial charge in [-0.2, -0.15) is 0 Å². The van der Waals surface area contributed by atoms with Crippen LogP contribution in [-0.2, 0) is 9.47 Å². The first-order valence-electron chi connectivity index (χ1n) is 9.92. The minimum absolute atomic E-state index is 0. The van der Waals surface area contributed by atoms with E-state index in [0.29, 0.717) is 26.3 Å². The second-order valence-electron chi connectivity index (χ2n) is 8.92. The van der Waals surface area contributed by atoms with Crippen molar-refractivity contribution in [1.29, 1.82) is 0 Å². The second-order valence-corrected chi connectivity index (χ2v) is 8.92. The largest absolute Gasteiger partial charge is 1.00 e. The second kappa shape index (κ2) is 18.7. The molecule has 0 aromatic heterocycles. The number of unbranched alkanes of at least 4 members (excludes halogenated alkanes) is 4. The number of nitrogens with zero attached hydrogens (tertiary/aromatic N) is 2. The van der Waals surface area contributed by atoms with Crippen molar-refractivity contribution in [3.8, 4) is 0 Å². The van der Waals surface area contributed by atoms with Crippen LogP contribution in [0.5, 0.6) is 0 Å². The highest BCUT2D eigenvalue weighted by Gasteiger charge is 2.09. The Morgan fingerprint density at radius 2 is 0.931 bits per heavy atom. The summed E-state index contributed by atoms with van der Waals surface area (Å²) >= 11 is 0. The van der Waals surface area contributed by atoms with Gasteiger partial charge in [-0.15, -0.1) is 0 Å². The molecular weight excluding hydrogens is 602 g/mol. The molecule has 0 saturated carbocycles. The fourth-order valence-electron chi connectivity index (χ4n) is 2.09. The van der Waals surface area contributed by atoms with Gasteiger partial charge in [0.2, 0.25) is 0 Å². The summed E-state index contributed by atoms with van der Waals surface area (Å²) in [5.41, 5.74) is 0. The lowest BCUT2D eigenvalue weighted by molar-refractivity contribution is -0.870. The Kier molecular flexibility index (Phi) is 21.6. The van der Waals surface area contributed by atoms with E-state index in [1.807, 2.05) is 0 Å². The number of likely N-dealkylation sites (N-methyl/N-ethyl adjacent to an activating group) is 2. The highest BCUT2D eigenvalue weighted by atomic mass is 127. The minimum Gasteiger partial charge on any atom is -1.00 e. The predicted molar refractivity (Wildman–Crippen MR) is 108 cm³/mol. The average Bonchev–Trinajstić information content (AvgIpc) is 2.50. The first-order chi connectivity index (χ1) is 12.5. The van der Waals surface area contributed by atoms with E-state index in [0.717, 1.165) is 54.2 Å². The van der Waals surface area contributed by atoms with Crippen molar-refractivity contribution in [2.45, 2.75) is 32.1 Å². The van der Waals surface area contributed by atoms with Crippen molar-refractivity contribution in [2.75, 3.05) is 81.7 Å². The van der Waals surface area contributed by atoms with Crippen LogP contribution in [0, 0.1) is 0 Å². The van der Waals surface area contributed by atoms with Crippen molar-refractivity contribution in [3.05, 3.63) is 0 Å². The zero-order valence-corrected chi connectivity index (χ0v) is 23.4. The van der Waals surface area contributed by atoms with E-state index in [4.69, 9.17) is 9.47 Å². The number of hydrogen-bond acceptors (Lipinski definition) is 4. The zero-order chi connectivity index (χ0) is 20.8. The average molecular weight is 644 g/mol. The summed E-state index contributed by atoms with van der Waals surface area (Å²) in [6, 6.07) is 0. The normalized spacial score (nSPS) is 11.0. The number of rotatable bonds is 14. The molecule has 0 spiro atoms. The van der Waals surface area contributed by atoms with Gasteiger partial charge in [-0.25, -0.2) is 9.59 Å². The summed E-state index contributed by atoms with van der Waals surface area (Å²) < 4.78 is 11.8. The fraction of sp³-hybridized carbons (Fsp3) is 0.895. The summed E-state index contributed by atoms with van der Waals surface area (Å²) in [6.07, 6.45) is 4.37. The highest BCUT2D eigenvalue weighted by Crippen LogP contribution is 2.02. The van der Waals surface area contributed by atoms with Gasteiger partial charge in [-0.05, 0) is 12.8 Å². The number of quaternary nitrogens is 2. The van der Waals surface area contributed by atoms with Crippen LogP contribution in [-0.4, -0.2) is 103 Å². The molecule has 0 bridgehead atoms. The van der Waals surface area contributed by atoms with Crippen LogP contribution < -0.4 is 58.6 Å². The quantitative estimate of drug-likeness (QED) is 0.114. The predicted octanol–water partition coefficient (Wildman–Crippen LogP) is -4.19. The lowest BCUT2D eigenvalue weighted by atomic mass is 10.1. The highest BCUT2D eigenvalue weighted by molar-refractivity contribution is 5.67. The summed E-state index contributed by atoms with van der Waals surface area (Å²) in [4.78, 5) is 23.0. The molecule has 0 unspecified atom stereocenters. The number of hydrogen-bond donors (Lipinski definition) is 2. The van der Waals surface area contributed by atoms with Crippen LogP contribution in [0.25, 0.3) is 0 Å². The van der Waals surface area contributed by atoms with E-state index in [9.17, 15) is 9.59 Å². The van der Waals surface area contributed by atoms with E-state index in [-0.39, 0.29) is 60.1 Å². The van der Waals surface area contributed by atoms with Crippen molar-refractivity contribution < 1.29 is 76.0 Å². The molecule has 0 aliphatic heterocycles. The maximum absolute atomic E-state index is 11.5. The van der Waals surface area contributed by atoms with Crippen molar-refractivity contribution in [3.63, 3.8) is 0 Å². The fourth-order valence-corrected chi connectivity index (χ4v) is 2.09. The number of amides is 2. The molecule has 10 heteroatoms. The Labute approximate surface area is 211 Å². The molecule has 0 aliphatic carbocycles. The van der Waals surface area contributed by atoms with Gasteiger partial charge in [0.05, 0.1) is 42.3 Å². The third-order valence-corrected chi connectivity index (χ3v) is 3.88. The Morgan fingerprint density at radius 3 is 1.24 bits per heavy atom. The SMILES string of the molecule is C[N+](C)(C)CCOC(=O)NCCCCCCCNC(=O)OCC[N+](C)(C)C.[I-].[I-]. The van der Waals surface area contributed by atoms with E-state index in [1.165, 1.54) is 0 Å². The van der Waals surface area contributed by atoms with Gasteiger partial charge in [0, 0.05) is 13.1 Å². The summed E-state index contributed by atoms with van der Waals surface area (Å²) in [5.74, 6) is 0. The van der Waals surface area contributed by atoms with E-state index in [2.05, 4.69) is 52.9 Å². The van der Waals surface area contributed by atoms with Gasteiger partial charge in [-0.3, -0.25) is 0 Å². The van der Waals surface area contributed by atoms with Crippen molar-refractivity contribution in [1.82, 2.24) is 10.6 Å². The molecule has 0 fully saturated rings. The lowest BCUT2D eigenvalue weighted by Crippen LogP contribution is -3.00. The summed E-state index contributed by atoms with van der Waals surface area (Å²) in [5, 5.41) is 5.55. The standard InChI is InChI=1S/C19H40N4O4.2HI/c1-22(2,3)14-16-26-18(24)20-12-10-8-7-9-11-13-21-19(25)27-17-15-23(4,5)6;;/h7-17H2,1-6H3;2*1H. The lowest BCUT2D eigenvalue weighted by Gasteiger charge is -2.23. The van der Waals surface area contributed by atoms with E-state index in [1.54, 1.807) is 0 Å². The summed E-state index contributed by atoms with van der Waals surface area (Å²) in [6.45, 7) is 3.73. The Bertz CT molecular complexity index is 389. The van der Waals surface area contributed by atoms with Crippen LogP contribution in [0.4, 0.5) is 9.59 Å². The third kappa shape index (κ3) is 27.9. The molecule has 0 rings (SSSR count). The zero-order valence-electron chi connectivity index (χ0n) is 19.1. The Morgan fingerprint density at radius 1 is 0.621 bits per heavy atom. The molecule has 0 aromatic carbocycles. The van der Waals surface area contributed by atoms with Gasteiger partial charge in [0.15, 0.2) is 0 Å². The van der Waals surface area contributed by atoms with Crippen LogP contribution >= 0.6 is 0 Å². The maximum Gasteiger partial charge on any atom is 0.407 e. The first kappa shape index (κ1) is 33.6. The number of carbonyl (C=O) groups excluding carboxylic acids is 2. The number of alkyl carbamates (subject to hydrolysis) is 2. The van der Waals surface area contributed by atoms with Crippen LogP contribution in [0.2, 0.25) is 0 Å². The molecule has 0 aromatic rings. The van der Waals surface area contributed by atoms with E-state index >= 15 is 0 Å². The van der Waals surface area contributed by atoms with Gasteiger partial charge >= 0.3 is 12.2 Å². The molecular formula is C19H42I2N4O4. The van der Waals surface area contributed by atoms with Gasteiger partial charge < -0.3 is 77.0 Å². The smallest absolute Gasteiger partial charge is 0.407 e. The number of carbonyl (C=O) groups is 2. The maximum atomic E-state index is 11.5. The molecule has 0 heterocycles. The topological polar surface area (TPSA) is 76.7 Å². The first-order valence-corrected chi connectivity index (χ1v) is 9.92. The number of nitrogens with one attached hydrogen (secondary N) is 2. The molecule has 8 nitrogen and oxygen atoms in total. The molecule has 0 atom stereocenters. The number of halogens is 2. The van der Waals surface area contributed by atoms with Crippen molar-refractivity contribution in [2.24, 2.45) is 0 Å². The number of ether oxygens (including phenoxy) is 2. The Hall–Kier alpha value is -0.0800. The third-order valence-electron chi connectivity index (χ3n) is 3.88.